The Labute approximate surface area is 263 Å². The number of aliphatic carboxylic acids is 3. The van der Waals surface area contributed by atoms with Crippen molar-refractivity contribution in [3.63, 3.8) is 0 Å². The molecule has 6 amide bonds. The summed E-state index contributed by atoms with van der Waals surface area (Å²) in [7, 11) is 0. The summed E-state index contributed by atoms with van der Waals surface area (Å²) in [5.74, 6) is -10.4. The lowest BCUT2D eigenvalue weighted by Gasteiger charge is -2.26. The van der Waals surface area contributed by atoms with Gasteiger partial charge in [0.05, 0.1) is 25.1 Å². The number of carbonyl (C=O) groups excluding carboxylic acids is 6. The number of aliphatic hydroxyl groups is 1. The first-order valence-corrected chi connectivity index (χ1v) is 14.1. The zero-order chi connectivity index (χ0) is 35.7. The number of carbonyl (C=O) groups is 9. The number of rotatable bonds is 22. The van der Waals surface area contributed by atoms with Crippen LogP contribution in [0.2, 0.25) is 0 Å². The highest BCUT2D eigenvalue weighted by molar-refractivity contribution is 5.96. The van der Waals surface area contributed by atoms with Gasteiger partial charge in [-0.15, -0.1) is 0 Å². The van der Waals surface area contributed by atoms with Crippen LogP contribution >= 0.6 is 0 Å². The quantitative estimate of drug-likeness (QED) is 0.0521. The van der Waals surface area contributed by atoms with Crippen molar-refractivity contribution in [3.8, 4) is 0 Å². The van der Waals surface area contributed by atoms with Crippen molar-refractivity contribution in [3.05, 3.63) is 0 Å². The van der Waals surface area contributed by atoms with Crippen molar-refractivity contribution >= 4 is 53.4 Å². The molecule has 0 aliphatic rings. The molecular formula is C26H43N7O13. The summed E-state index contributed by atoms with van der Waals surface area (Å²) in [5, 5.41) is 48.2. The van der Waals surface area contributed by atoms with Crippen LogP contribution in [0.5, 0.6) is 0 Å². The lowest BCUT2D eigenvalue weighted by molar-refractivity contribution is -0.145. The molecule has 0 radical (unpaired) electrons. The number of nitrogens with two attached hydrogens (primary N) is 2. The van der Waals surface area contributed by atoms with Gasteiger partial charge >= 0.3 is 17.9 Å². The summed E-state index contributed by atoms with van der Waals surface area (Å²) >= 11 is 0. The Morgan fingerprint density at radius 3 is 1.52 bits per heavy atom. The highest BCUT2D eigenvalue weighted by atomic mass is 16.4. The number of amides is 6. The predicted octanol–water partition coefficient (Wildman–Crippen LogP) is -4.51. The minimum absolute atomic E-state index is 0.0134. The molecule has 260 valence electrons. The maximum atomic E-state index is 13.2. The number of hydrogen-bond acceptors (Lipinski definition) is 11. The highest BCUT2D eigenvalue weighted by Gasteiger charge is 2.33. The molecule has 0 rings (SSSR count). The van der Waals surface area contributed by atoms with Gasteiger partial charge in [0.1, 0.15) is 18.1 Å². The molecule has 0 aliphatic heterocycles. The number of carboxylic acids is 3. The third kappa shape index (κ3) is 16.9. The van der Waals surface area contributed by atoms with Crippen LogP contribution in [0, 0.1) is 5.92 Å². The molecule has 46 heavy (non-hydrogen) atoms. The van der Waals surface area contributed by atoms with Crippen molar-refractivity contribution in [2.24, 2.45) is 17.4 Å². The molecule has 20 heteroatoms. The molecule has 0 unspecified atom stereocenters. The van der Waals surface area contributed by atoms with Crippen molar-refractivity contribution in [1.29, 1.82) is 0 Å². The van der Waals surface area contributed by atoms with E-state index in [1.165, 1.54) is 0 Å². The average molecular weight is 662 g/mol. The van der Waals surface area contributed by atoms with Crippen molar-refractivity contribution < 1.29 is 63.6 Å². The summed E-state index contributed by atoms with van der Waals surface area (Å²) in [6.45, 7) is 3.82. The molecule has 20 nitrogen and oxygen atoms in total. The van der Waals surface area contributed by atoms with Gasteiger partial charge in [-0.3, -0.25) is 38.4 Å². The topological polar surface area (TPSA) is 347 Å². The molecule has 0 saturated heterocycles. The molecule has 6 atom stereocenters. The molecule has 0 aromatic carbocycles. The van der Waals surface area contributed by atoms with E-state index in [9.17, 15) is 53.4 Å². The van der Waals surface area contributed by atoms with Crippen LogP contribution in [0.4, 0.5) is 0 Å². The second-order valence-corrected chi connectivity index (χ2v) is 10.8. The Hall–Kier alpha value is -4.85. The first-order valence-electron chi connectivity index (χ1n) is 14.1. The Morgan fingerprint density at radius 1 is 0.674 bits per heavy atom. The number of aliphatic hydroxyl groups excluding tert-OH is 1. The second kappa shape index (κ2) is 20.2. The fraction of sp³-hybridized carbons (Fsp3) is 0.654. The van der Waals surface area contributed by atoms with E-state index in [1.807, 2.05) is 5.32 Å². The zero-order valence-electron chi connectivity index (χ0n) is 25.6. The van der Waals surface area contributed by atoms with E-state index in [-0.39, 0.29) is 12.3 Å². The van der Waals surface area contributed by atoms with Gasteiger partial charge < -0.3 is 58.5 Å². The molecule has 0 bridgehead atoms. The van der Waals surface area contributed by atoms with Crippen LogP contribution in [-0.4, -0.2) is 117 Å². The van der Waals surface area contributed by atoms with Crippen molar-refractivity contribution in [2.75, 3.05) is 6.54 Å². The standard InChI is InChI=1S/C26H43N7O13/c1-11(2)8-16(30-18(36)10-29-22(41)13(27)9-17(28)35)25(44)32-14(4-6-19(37)38)23(42)31-15(5-7-20(39)40)24(43)33-21(12(3)34)26(45)46/h11-16,21,34H,4-10,27H2,1-3H3,(H2,28,35)(H,29,41)(H,30,36)(H,31,42)(H,32,44)(H,33,43)(H,37,38)(H,39,40)(H,45,46)/t12-,13+,14+,15+,16+,21+/m1/s1. The van der Waals surface area contributed by atoms with Crippen LogP contribution in [0.25, 0.3) is 0 Å². The van der Waals surface area contributed by atoms with Gasteiger partial charge in [-0.25, -0.2) is 4.79 Å². The summed E-state index contributed by atoms with van der Waals surface area (Å²) in [6.07, 6.45) is -4.41. The molecule has 0 aromatic heterocycles. The molecule has 0 aliphatic carbocycles. The van der Waals surface area contributed by atoms with E-state index in [0.717, 1.165) is 6.92 Å². The van der Waals surface area contributed by atoms with Gasteiger partial charge in [-0.1, -0.05) is 13.8 Å². The van der Waals surface area contributed by atoms with Crippen LogP contribution in [0.3, 0.4) is 0 Å². The smallest absolute Gasteiger partial charge is 0.328 e. The van der Waals surface area contributed by atoms with Gasteiger partial charge in [0.25, 0.3) is 0 Å². The van der Waals surface area contributed by atoms with E-state index >= 15 is 0 Å². The monoisotopic (exact) mass is 661 g/mol. The van der Waals surface area contributed by atoms with Gasteiger partial charge in [0.15, 0.2) is 6.04 Å². The first-order chi connectivity index (χ1) is 21.2. The fourth-order valence-corrected chi connectivity index (χ4v) is 3.82. The second-order valence-electron chi connectivity index (χ2n) is 10.8. The molecule has 0 saturated carbocycles. The van der Waals surface area contributed by atoms with Gasteiger partial charge in [0, 0.05) is 12.8 Å². The Balaban J connectivity index is 5.90. The summed E-state index contributed by atoms with van der Waals surface area (Å²) in [6, 6.07) is -7.75. The van der Waals surface area contributed by atoms with Gasteiger partial charge in [0.2, 0.25) is 35.4 Å². The maximum Gasteiger partial charge on any atom is 0.328 e. The summed E-state index contributed by atoms with van der Waals surface area (Å²) < 4.78 is 0. The zero-order valence-corrected chi connectivity index (χ0v) is 25.6. The van der Waals surface area contributed by atoms with E-state index in [0.29, 0.717) is 0 Å². The van der Waals surface area contributed by atoms with Crippen molar-refractivity contribution in [2.45, 2.75) is 95.6 Å². The number of primary amides is 1. The Bertz CT molecular complexity index is 1150. The molecule has 13 N–H and O–H groups in total. The number of carboxylic acid groups (broad SMARTS) is 3. The van der Waals surface area contributed by atoms with Crippen molar-refractivity contribution in [1.82, 2.24) is 26.6 Å². The predicted molar refractivity (Wildman–Crippen MR) is 155 cm³/mol. The lowest BCUT2D eigenvalue weighted by Crippen LogP contribution is -2.59. The van der Waals surface area contributed by atoms with Crippen LogP contribution in [0.1, 0.15) is 59.3 Å². The minimum atomic E-state index is -1.82. The average Bonchev–Trinajstić information content (AvgIpc) is 2.92. The van der Waals surface area contributed by atoms with E-state index in [2.05, 4.69) is 21.3 Å². The fourth-order valence-electron chi connectivity index (χ4n) is 3.82. The highest BCUT2D eigenvalue weighted by Crippen LogP contribution is 2.08. The third-order valence-electron chi connectivity index (χ3n) is 6.15. The molecular weight excluding hydrogens is 618 g/mol. The lowest BCUT2D eigenvalue weighted by atomic mass is 10.0. The van der Waals surface area contributed by atoms with E-state index < -0.39 is 128 Å². The Kier molecular flexibility index (Phi) is 18.1. The third-order valence-corrected chi connectivity index (χ3v) is 6.15. The summed E-state index contributed by atoms with van der Waals surface area (Å²) in [4.78, 5) is 108. The number of nitrogens with one attached hydrogen (secondary N) is 5. The maximum absolute atomic E-state index is 13.2. The molecule has 0 fully saturated rings. The van der Waals surface area contributed by atoms with Crippen LogP contribution < -0.4 is 38.1 Å². The van der Waals surface area contributed by atoms with Gasteiger partial charge in [-0.2, -0.15) is 0 Å². The number of hydrogen-bond donors (Lipinski definition) is 11. The molecule has 0 spiro atoms. The van der Waals surface area contributed by atoms with E-state index in [1.54, 1.807) is 13.8 Å². The van der Waals surface area contributed by atoms with Gasteiger partial charge in [-0.05, 0) is 32.1 Å². The molecule has 0 heterocycles. The molecule has 0 aromatic rings. The normalized spacial score (nSPS) is 14.7. The first kappa shape index (κ1) is 41.1. The summed E-state index contributed by atoms with van der Waals surface area (Å²) in [5.41, 5.74) is 10.5. The van der Waals surface area contributed by atoms with E-state index in [4.69, 9.17) is 21.7 Å². The SMILES string of the molecule is CC(C)C[C@H](NC(=O)CNC(=O)[C@@H](N)CC(N)=O)C(=O)N[C@@H](CCC(=O)O)C(=O)N[C@@H](CCC(=O)O)C(=O)N[C@H](C(=O)O)[C@@H](C)O. The van der Waals surface area contributed by atoms with Crippen LogP contribution in [0.15, 0.2) is 0 Å². The Morgan fingerprint density at radius 2 is 1.13 bits per heavy atom. The van der Waals surface area contributed by atoms with Crippen LogP contribution in [-0.2, 0) is 43.2 Å². The minimum Gasteiger partial charge on any atom is -0.481 e. The largest absolute Gasteiger partial charge is 0.481 e.